The average molecular weight is 543 g/mol. The van der Waals surface area contributed by atoms with E-state index >= 15 is 0 Å². The molecule has 1 aromatic heterocycles. The summed E-state index contributed by atoms with van der Waals surface area (Å²) in [6.07, 6.45) is 6.28. The first-order valence-electron chi connectivity index (χ1n) is 13.5. The van der Waals surface area contributed by atoms with E-state index < -0.39 is 23.7 Å². The Morgan fingerprint density at radius 1 is 1.00 bits per heavy atom. The third-order valence-electron chi connectivity index (χ3n) is 6.52. The van der Waals surface area contributed by atoms with Crippen LogP contribution in [0.15, 0.2) is 78.6 Å². The number of carbonyl (C=O) groups is 3. The van der Waals surface area contributed by atoms with E-state index in [1.165, 1.54) is 4.90 Å². The van der Waals surface area contributed by atoms with Gasteiger partial charge < -0.3 is 14.6 Å². The van der Waals surface area contributed by atoms with Crippen LogP contribution in [0.1, 0.15) is 67.6 Å². The van der Waals surface area contributed by atoms with Gasteiger partial charge >= 0.3 is 5.97 Å². The van der Waals surface area contributed by atoms with Crippen LogP contribution in [-0.4, -0.2) is 41.0 Å². The number of pyridine rings is 1. The highest BCUT2D eigenvalue weighted by molar-refractivity contribution is 6.51. The van der Waals surface area contributed by atoms with E-state index in [9.17, 15) is 19.5 Å². The number of hydrogen-bond donors (Lipinski definition) is 1. The van der Waals surface area contributed by atoms with Gasteiger partial charge in [0.1, 0.15) is 11.5 Å². The number of unbranched alkanes of at least 4 members (excludes halogenated alkanes) is 2. The van der Waals surface area contributed by atoms with Crippen molar-refractivity contribution in [3.8, 4) is 5.75 Å². The van der Waals surface area contributed by atoms with Gasteiger partial charge in [-0.25, -0.2) is 4.79 Å². The van der Waals surface area contributed by atoms with Crippen molar-refractivity contribution in [1.82, 2.24) is 4.98 Å². The van der Waals surface area contributed by atoms with Crippen LogP contribution >= 0.6 is 0 Å². The smallest absolute Gasteiger partial charge is 0.338 e. The fourth-order valence-electron chi connectivity index (χ4n) is 4.44. The van der Waals surface area contributed by atoms with Gasteiger partial charge in [-0.15, -0.1) is 0 Å². The van der Waals surface area contributed by atoms with Gasteiger partial charge in [0.2, 0.25) is 0 Å². The van der Waals surface area contributed by atoms with Crippen molar-refractivity contribution in [2.24, 2.45) is 5.92 Å². The first-order valence-corrected chi connectivity index (χ1v) is 13.5. The van der Waals surface area contributed by atoms with Gasteiger partial charge in [-0.05, 0) is 72.5 Å². The summed E-state index contributed by atoms with van der Waals surface area (Å²) in [5, 5.41) is 11.3. The van der Waals surface area contributed by atoms with Crippen molar-refractivity contribution in [2.75, 3.05) is 18.1 Å². The van der Waals surface area contributed by atoms with Gasteiger partial charge in [-0.2, -0.15) is 0 Å². The number of anilines is 1. The molecule has 1 aliphatic heterocycles. The summed E-state index contributed by atoms with van der Waals surface area (Å²) < 4.78 is 11.0. The highest BCUT2D eigenvalue weighted by Crippen LogP contribution is 2.42. The summed E-state index contributed by atoms with van der Waals surface area (Å²) in [7, 11) is 0. The maximum atomic E-state index is 13.4. The molecule has 0 aliphatic carbocycles. The molecular formula is C32H34N2O6. The Hall–Kier alpha value is -4.46. The predicted molar refractivity (Wildman–Crippen MR) is 152 cm³/mol. The van der Waals surface area contributed by atoms with E-state index in [4.69, 9.17) is 9.47 Å². The van der Waals surface area contributed by atoms with Crippen LogP contribution in [0.5, 0.6) is 5.75 Å². The van der Waals surface area contributed by atoms with E-state index in [2.05, 4.69) is 11.9 Å². The van der Waals surface area contributed by atoms with Crippen molar-refractivity contribution >= 4 is 29.1 Å². The molecule has 0 bridgehead atoms. The van der Waals surface area contributed by atoms with Crippen LogP contribution in [-0.2, 0) is 14.3 Å². The monoisotopic (exact) mass is 542 g/mol. The van der Waals surface area contributed by atoms with E-state index in [1.54, 1.807) is 73.1 Å². The number of aromatic nitrogens is 1. The number of benzene rings is 2. The second-order valence-electron chi connectivity index (χ2n) is 10.1. The largest absolute Gasteiger partial charge is 0.507 e. The SMILES string of the molecule is CCCCCOc1ccc(/C(O)=C2\C(=O)C(=O)N(c3ccc(C(=O)OCC(C)C)cc3)C2c2cccnc2)cc1. The zero-order chi connectivity index (χ0) is 28.6. The molecule has 2 heterocycles. The Kier molecular flexibility index (Phi) is 9.32. The number of nitrogens with zero attached hydrogens (tertiary/aromatic N) is 2. The highest BCUT2D eigenvalue weighted by Gasteiger charge is 2.47. The summed E-state index contributed by atoms with van der Waals surface area (Å²) in [6.45, 7) is 6.91. The van der Waals surface area contributed by atoms with Gasteiger partial charge in [0, 0.05) is 23.6 Å². The second kappa shape index (κ2) is 13.1. The van der Waals surface area contributed by atoms with Gasteiger partial charge in [0.15, 0.2) is 0 Å². The van der Waals surface area contributed by atoms with Crippen LogP contribution in [0, 0.1) is 5.92 Å². The van der Waals surface area contributed by atoms with E-state index in [-0.39, 0.29) is 17.3 Å². The third-order valence-corrected chi connectivity index (χ3v) is 6.52. The molecule has 1 unspecified atom stereocenters. The minimum Gasteiger partial charge on any atom is -0.507 e. The average Bonchev–Trinajstić information content (AvgIpc) is 3.24. The molecule has 0 spiro atoms. The summed E-state index contributed by atoms with van der Waals surface area (Å²) in [4.78, 5) is 44.6. The highest BCUT2D eigenvalue weighted by atomic mass is 16.5. The molecule has 1 N–H and O–H groups in total. The number of amides is 1. The second-order valence-corrected chi connectivity index (χ2v) is 10.1. The van der Waals surface area contributed by atoms with Gasteiger partial charge in [0.25, 0.3) is 11.7 Å². The molecular weight excluding hydrogens is 508 g/mol. The lowest BCUT2D eigenvalue weighted by Crippen LogP contribution is -2.29. The standard InChI is InChI=1S/C32H34N2O6/c1-4-5-6-18-39-26-15-11-22(12-16-26)29(35)27-28(24-8-7-17-33-19-24)34(31(37)30(27)36)25-13-9-23(10-14-25)32(38)40-20-21(2)3/h7-17,19,21,28,35H,4-6,18,20H2,1-3H3/b29-27+. The molecule has 208 valence electrons. The summed E-state index contributed by atoms with van der Waals surface area (Å²) in [5.74, 6) is -1.51. The summed E-state index contributed by atoms with van der Waals surface area (Å²) in [5.41, 5.74) is 1.62. The molecule has 1 aliphatic rings. The maximum absolute atomic E-state index is 13.4. The first-order chi connectivity index (χ1) is 19.3. The van der Waals surface area contributed by atoms with E-state index in [0.717, 1.165) is 19.3 Å². The van der Waals surface area contributed by atoms with E-state index in [0.29, 0.717) is 41.3 Å². The Morgan fingerprint density at radius 2 is 1.70 bits per heavy atom. The van der Waals surface area contributed by atoms with Crippen LogP contribution in [0.2, 0.25) is 0 Å². The van der Waals surface area contributed by atoms with Crippen LogP contribution in [0.25, 0.3) is 5.76 Å². The van der Waals surface area contributed by atoms with Crippen molar-refractivity contribution in [3.05, 3.63) is 95.3 Å². The Labute approximate surface area is 234 Å². The van der Waals surface area contributed by atoms with Crippen molar-refractivity contribution < 1.29 is 29.0 Å². The number of esters is 1. The molecule has 0 radical (unpaired) electrons. The number of rotatable bonds is 11. The number of ketones is 1. The maximum Gasteiger partial charge on any atom is 0.338 e. The molecule has 2 aromatic carbocycles. The zero-order valence-corrected chi connectivity index (χ0v) is 23.0. The number of aliphatic hydroxyl groups excluding tert-OH is 1. The molecule has 3 aromatic rings. The lowest BCUT2D eigenvalue weighted by atomic mass is 9.96. The molecule has 1 saturated heterocycles. The van der Waals surface area contributed by atoms with Crippen molar-refractivity contribution in [3.63, 3.8) is 0 Å². The Balaban J connectivity index is 1.67. The normalized spacial score (nSPS) is 16.4. The van der Waals surface area contributed by atoms with Crippen molar-refractivity contribution in [2.45, 2.75) is 46.1 Å². The van der Waals surface area contributed by atoms with Gasteiger partial charge in [-0.1, -0.05) is 39.7 Å². The third kappa shape index (κ3) is 6.39. The molecule has 1 fully saturated rings. The van der Waals surface area contributed by atoms with Gasteiger partial charge in [0.05, 0.1) is 30.4 Å². The Bertz CT molecular complexity index is 1360. The molecule has 0 saturated carbocycles. The predicted octanol–water partition coefficient (Wildman–Crippen LogP) is 6.09. The van der Waals surface area contributed by atoms with Crippen LogP contribution in [0.4, 0.5) is 5.69 Å². The number of hydrogen-bond acceptors (Lipinski definition) is 7. The van der Waals surface area contributed by atoms with Crippen molar-refractivity contribution in [1.29, 1.82) is 0 Å². The fourth-order valence-corrected chi connectivity index (χ4v) is 4.44. The fraction of sp³-hybridized carbons (Fsp3) is 0.312. The minimum absolute atomic E-state index is 0.0463. The number of Topliss-reactive ketones (excluding diaryl/α,β-unsaturated/α-hetero) is 1. The van der Waals surface area contributed by atoms with Gasteiger partial charge in [-0.3, -0.25) is 19.5 Å². The zero-order valence-electron chi connectivity index (χ0n) is 23.0. The topological polar surface area (TPSA) is 106 Å². The summed E-state index contributed by atoms with van der Waals surface area (Å²) >= 11 is 0. The van der Waals surface area contributed by atoms with Crippen LogP contribution < -0.4 is 9.64 Å². The van der Waals surface area contributed by atoms with E-state index in [1.807, 2.05) is 13.8 Å². The number of carbonyl (C=O) groups excluding carboxylic acids is 3. The molecule has 8 heteroatoms. The number of aliphatic hydroxyl groups is 1. The molecule has 8 nitrogen and oxygen atoms in total. The summed E-state index contributed by atoms with van der Waals surface area (Å²) in [6, 6.07) is 15.6. The lowest BCUT2D eigenvalue weighted by molar-refractivity contribution is -0.132. The number of ether oxygens (including phenoxy) is 2. The molecule has 1 amide bonds. The Morgan fingerprint density at radius 3 is 2.33 bits per heavy atom. The first kappa shape index (κ1) is 28.5. The van der Waals surface area contributed by atoms with Crippen LogP contribution in [0.3, 0.4) is 0 Å². The molecule has 40 heavy (non-hydrogen) atoms. The minimum atomic E-state index is -0.919. The quantitative estimate of drug-likeness (QED) is 0.103. The molecule has 4 rings (SSSR count). The lowest BCUT2D eigenvalue weighted by Gasteiger charge is -2.25. The molecule has 1 atom stereocenters.